The SMILES string of the molecule is COc1cc(C(=O)C(C#N)c2cccnc2)ccc1F. The Bertz CT molecular complexity index is 665. The third-order valence-corrected chi connectivity index (χ3v) is 2.84. The average molecular weight is 270 g/mol. The number of hydrogen-bond donors (Lipinski definition) is 0. The molecule has 0 radical (unpaired) electrons. The minimum atomic E-state index is -0.973. The molecule has 0 amide bonds. The number of nitrogens with zero attached hydrogens (tertiary/aromatic N) is 2. The highest BCUT2D eigenvalue weighted by Crippen LogP contribution is 2.24. The molecule has 1 unspecified atom stereocenters. The first-order valence-electron chi connectivity index (χ1n) is 5.84. The van der Waals surface area contributed by atoms with Gasteiger partial charge in [0.05, 0.1) is 13.2 Å². The van der Waals surface area contributed by atoms with Gasteiger partial charge in [-0.2, -0.15) is 5.26 Å². The maximum absolute atomic E-state index is 13.3. The van der Waals surface area contributed by atoms with E-state index in [1.807, 2.05) is 6.07 Å². The maximum Gasteiger partial charge on any atom is 0.184 e. The molecule has 5 heteroatoms. The molecule has 0 fully saturated rings. The molecule has 4 nitrogen and oxygen atoms in total. The standard InChI is InChI=1S/C15H11FN2O2/c1-20-14-7-10(4-5-13(14)16)15(19)12(8-17)11-3-2-6-18-9-11/h2-7,9,12H,1H3. The summed E-state index contributed by atoms with van der Waals surface area (Å²) >= 11 is 0. The largest absolute Gasteiger partial charge is 0.494 e. The number of rotatable bonds is 4. The number of nitriles is 1. The summed E-state index contributed by atoms with van der Waals surface area (Å²) in [5.74, 6) is -1.98. The molecule has 0 saturated carbocycles. The zero-order valence-electron chi connectivity index (χ0n) is 10.7. The molecule has 2 aromatic rings. The predicted molar refractivity (Wildman–Crippen MR) is 69.9 cm³/mol. The minimum absolute atomic E-state index is 0.0290. The van der Waals surface area contributed by atoms with Crippen molar-refractivity contribution in [1.82, 2.24) is 4.98 Å². The van der Waals surface area contributed by atoms with Crippen LogP contribution in [-0.4, -0.2) is 17.9 Å². The molecule has 0 bridgehead atoms. The molecule has 1 aromatic carbocycles. The van der Waals surface area contributed by atoms with Gasteiger partial charge in [0.1, 0.15) is 5.92 Å². The third kappa shape index (κ3) is 2.64. The summed E-state index contributed by atoms with van der Waals surface area (Å²) in [6.45, 7) is 0. The van der Waals surface area contributed by atoms with E-state index in [0.717, 1.165) is 6.07 Å². The van der Waals surface area contributed by atoms with Gasteiger partial charge in [0.25, 0.3) is 0 Å². The van der Waals surface area contributed by atoms with Crippen molar-refractivity contribution in [2.45, 2.75) is 5.92 Å². The van der Waals surface area contributed by atoms with Crippen LogP contribution >= 0.6 is 0 Å². The van der Waals surface area contributed by atoms with Crippen molar-refractivity contribution in [1.29, 1.82) is 5.26 Å². The van der Waals surface area contributed by atoms with E-state index in [1.165, 1.54) is 25.4 Å². The topological polar surface area (TPSA) is 63.0 Å². The number of hydrogen-bond acceptors (Lipinski definition) is 4. The van der Waals surface area contributed by atoms with Gasteiger partial charge in [-0.25, -0.2) is 4.39 Å². The Morgan fingerprint density at radius 1 is 1.45 bits per heavy atom. The highest BCUT2D eigenvalue weighted by Gasteiger charge is 2.22. The van der Waals surface area contributed by atoms with E-state index in [9.17, 15) is 14.4 Å². The lowest BCUT2D eigenvalue weighted by atomic mass is 9.93. The Hall–Kier alpha value is -2.74. The van der Waals surface area contributed by atoms with Crippen LogP contribution in [0.3, 0.4) is 0 Å². The van der Waals surface area contributed by atoms with Crippen molar-refractivity contribution in [3.05, 3.63) is 59.7 Å². The molecule has 100 valence electrons. The second kappa shape index (κ2) is 5.93. The van der Waals surface area contributed by atoms with Crippen molar-refractivity contribution < 1.29 is 13.9 Å². The lowest BCUT2D eigenvalue weighted by molar-refractivity contribution is 0.0978. The Balaban J connectivity index is 2.37. The van der Waals surface area contributed by atoms with E-state index in [4.69, 9.17) is 4.74 Å². The Kier molecular flexibility index (Phi) is 4.06. The van der Waals surface area contributed by atoms with Gasteiger partial charge in [-0.3, -0.25) is 9.78 Å². The summed E-state index contributed by atoms with van der Waals surface area (Å²) in [5, 5.41) is 9.19. The summed E-state index contributed by atoms with van der Waals surface area (Å²) in [6, 6.07) is 9.01. The number of ether oxygens (including phenoxy) is 1. The first-order valence-corrected chi connectivity index (χ1v) is 5.84. The maximum atomic E-state index is 13.3. The number of aromatic nitrogens is 1. The Labute approximate surface area is 115 Å². The fourth-order valence-electron chi connectivity index (χ4n) is 1.81. The highest BCUT2D eigenvalue weighted by molar-refractivity contribution is 6.03. The van der Waals surface area contributed by atoms with E-state index in [0.29, 0.717) is 5.56 Å². The predicted octanol–water partition coefficient (Wildman–Crippen LogP) is 2.72. The molecule has 0 N–H and O–H groups in total. The van der Waals surface area contributed by atoms with Gasteiger partial charge in [-0.1, -0.05) is 6.07 Å². The van der Waals surface area contributed by atoms with Crippen molar-refractivity contribution >= 4 is 5.78 Å². The van der Waals surface area contributed by atoms with Crippen LogP contribution in [0.1, 0.15) is 21.8 Å². The van der Waals surface area contributed by atoms with Crippen molar-refractivity contribution in [3.63, 3.8) is 0 Å². The van der Waals surface area contributed by atoms with Gasteiger partial charge in [0.15, 0.2) is 17.3 Å². The highest BCUT2D eigenvalue weighted by atomic mass is 19.1. The fraction of sp³-hybridized carbons (Fsp3) is 0.133. The average Bonchev–Trinajstić information content (AvgIpc) is 2.49. The van der Waals surface area contributed by atoms with Crippen LogP contribution in [0.25, 0.3) is 0 Å². The number of halogens is 1. The van der Waals surface area contributed by atoms with Crippen LogP contribution in [0.2, 0.25) is 0 Å². The fourth-order valence-corrected chi connectivity index (χ4v) is 1.81. The number of benzene rings is 1. The summed E-state index contributed by atoms with van der Waals surface area (Å²) in [6.07, 6.45) is 3.02. The lowest BCUT2D eigenvalue weighted by Gasteiger charge is -2.09. The molecule has 1 aromatic heterocycles. The molecule has 1 heterocycles. The summed E-state index contributed by atoms with van der Waals surface area (Å²) in [5.41, 5.74) is 0.724. The third-order valence-electron chi connectivity index (χ3n) is 2.84. The van der Waals surface area contributed by atoms with Crippen LogP contribution in [0.5, 0.6) is 5.75 Å². The van der Waals surface area contributed by atoms with E-state index < -0.39 is 17.5 Å². The van der Waals surface area contributed by atoms with Crippen molar-refractivity contribution in [2.75, 3.05) is 7.11 Å². The minimum Gasteiger partial charge on any atom is -0.494 e. The molecule has 2 rings (SSSR count). The second-order valence-electron chi connectivity index (χ2n) is 4.06. The number of methoxy groups -OCH3 is 1. The smallest absolute Gasteiger partial charge is 0.184 e. The van der Waals surface area contributed by atoms with Crippen LogP contribution < -0.4 is 4.74 Å². The van der Waals surface area contributed by atoms with Crippen molar-refractivity contribution in [3.8, 4) is 11.8 Å². The van der Waals surface area contributed by atoms with E-state index in [1.54, 1.807) is 18.3 Å². The monoisotopic (exact) mass is 270 g/mol. The zero-order chi connectivity index (χ0) is 14.5. The van der Waals surface area contributed by atoms with E-state index in [-0.39, 0.29) is 11.3 Å². The first-order chi connectivity index (χ1) is 9.67. The Morgan fingerprint density at radius 2 is 2.25 bits per heavy atom. The normalized spacial score (nSPS) is 11.4. The van der Waals surface area contributed by atoms with Crippen LogP contribution in [0.15, 0.2) is 42.7 Å². The van der Waals surface area contributed by atoms with Gasteiger partial charge in [0.2, 0.25) is 0 Å². The number of carbonyl (C=O) groups is 1. The number of ketones is 1. The molecule has 0 aliphatic rings. The quantitative estimate of drug-likeness (QED) is 0.801. The summed E-state index contributed by atoms with van der Waals surface area (Å²) < 4.78 is 18.2. The molecule has 20 heavy (non-hydrogen) atoms. The molecule has 1 atom stereocenters. The summed E-state index contributed by atoms with van der Waals surface area (Å²) in [7, 11) is 1.32. The first kappa shape index (κ1) is 13.7. The molecule has 0 spiro atoms. The van der Waals surface area contributed by atoms with Gasteiger partial charge >= 0.3 is 0 Å². The number of pyridine rings is 1. The molecular weight excluding hydrogens is 259 g/mol. The molecule has 0 aliphatic carbocycles. The molecular formula is C15H11FN2O2. The van der Waals surface area contributed by atoms with Crippen molar-refractivity contribution in [2.24, 2.45) is 0 Å². The summed E-state index contributed by atoms with van der Waals surface area (Å²) in [4.78, 5) is 16.2. The number of carbonyl (C=O) groups excluding carboxylic acids is 1. The van der Waals surface area contributed by atoms with Gasteiger partial charge in [-0.15, -0.1) is 0 Å². The Morgan fingerprint density at radius 3 is 2.85 bits per heavy atom. The molecule has 0 saturated heterocycles. The second-order valence-corrected chi connectivity index (χ2v) is 4.06. The van der Waals surface area contributed by atoms with Crippen LogP contribution in [0, 0.1) is 17.1 Å². The van der Waals surface area contributed by atoms with E-state index in [2.05, 4.69) is 4.98 Å². The van der Waals surface area contributed by atoms with Gasteiger partial charge in [0, 0.05) is 18.0 Å². The molecule has 0 aliphatic heterocycles. The van der Waals surface area contributed by atoms with Gasteiger partial charge < -0.3 is 4.74 Å². The zero-order valence-corrected chi connectivity index (χ0v) is 10.7. The van der Waals surface area contributed by atoms with Crippen LogP contribution in [0.4, 0.5) is 4.39 Å². The lowest BCUT2D eigenvalue weighted by Crippen LogP contribution is -2.11. The van der Waals surface area contributed by atoms with E-state index >= 15 is 0 Å². The van der Waals surface area contributed by atoms with Gasteiger partial charge in [-0.05, 0) is 29.8 Å². The van der Waals surface area contributed by atoms with Crippen LogP contribution in [-0.2, 0) is 0 Å². The number of Topliss-reactive ketones (excluding diaryl/α,β-unsaturated/α-hetero) is 1.